The fraction of sp³-hybridized carbons (Fsp3) is 0.611. The van der Waals surface area contributed by atoms with Crippen molar-refractivity contribution in [3.63, 3.8) is 0 Å². The van der Waals surface area contributed by atoms with Crippen LogP contribution in [-0.4, -0.2) is 62.3 Å². The molecule has 1 saturated heterocycles. The third kappa shape index (κ3) is 4.80. The molecular formula is C18H29N3O3S. The van der Waals surface area contributed by atoms with Crippen molar-refractivity contribution in [2.24, 2.45) is 0 Å². The Kier molecular flexibility index (Phi) is 6.59. The van der Waals surface area contributed by atoms with Crippen LogP contribution in [0.3, 0.4) is 0 Å². The van der Waals surface area contributed by atoms with Crippen LogP contribution in [0.5, 0.6) is 0 Å². The average Bonchev–Trinajstić information content (AvgIpc) is 2.57. The van der Waals surface area contributed by atoms with Crippen molar-refractivity contribution >= 4 is 15.9 Å². The molecule has 1 heterocycles. The van der Waals surface area contributed by atoms with Crippen LogP contribution in [0.4, 0.5) is 0 Å². The van der Waals surface area contributed by atoms with Gasteiger partial charge >= 0.3 is 0 Å². The number of amides is 1. The minimum absolute atomic E-state index is 0.0170. The second kappa shape index (κ2) is 8.29. The first-order chi connectivity index (χ1) is 11.7. The molecule has 7 heteroatoms. The Morgan fingerprint density at radius 3 is 2.48 bits per heavy atom. The lowest BCUT2D eigenvalue weighted by molar-refractivity contribution is -0.131. The predicted molar refractivity (Wildman–Crippen MR) is 99.0 cm³/mol. The van der Waals surface area contributed by atoms with E-state index in [0.29, 0.717) is 18.0 Å². The van der Waals surface area contributed by atoms with Crippen LogP contribution >= 0.6 is 0 Å². The van der Waals surface area contributed by atoms with Gasteiger partial charge in [0.05, 0.1) is 4.90 Å². The zero-order valence-corrected chi connectivity index (χ0v) is 16.4. The highest BCUT2D eigenvalue weighted by Gasteiger charge is 2.29. The molecule has 1 aromatic carbocycles. The summed E-state index contributed by atoms with van der Waals surface area (Å²) >= 11 is 0. The Bertz CT molecular complexity index is 710. The molecule has 0 aromatic heterocycles. The molecule has 25 heavy (non-hydrogen) atoms. The maximum atomic E-state index is 13.1. The van der Waals surface area contributed by atoms with Crippen molar-refractivity contribution < 1.29 is 13.2 Å². The quantitative estimate of drug-likeness (QED) is 0.828. The molecule has 6 nitrogen and oxygen atoms in total. The van der Waals surface area contributed by atoms with E-state index in [1.54, 1.807) is 17.9 Å². The highest BCUT2D eigenvalue weighted by molar-refractivity contribution is 7.89. The molecule has 0 bridgehead atoms. The van der Waals surface area contributed by atoms with Crippen molar-refractivity contribution in [1.29, 1.82) is 0 Å². The van der Waals surface area contributed by atoms with Gasteiger partial charge in [-0.15, -0.1) is 0 Å². The Labute approximate surface area is 151 Å². The molecule has 0 atom stereocenters. The molecule has 1 aliphatic heterocycles. The molecule has 1 amide bonds. The van der Waals surface area contributed by atoms with Gasteiger partial charge < -0.3 is 10.2 Å². The largest absolute Gasteiger partial charge is 0.340 e. The highest BCUT2D eigenvalue weighted by Crippen LogP contribution is 2.23. The SMILES string of the molecule is Cc1ccc(C)c(S(=O)(=O)N(CCC(=O)N2CCNCC2)C(C)C)c1. The summed E-state index contributed by atoms with van der Waals surface area (Å²) in [6, 6.07) is 5.23. The summed E-state index contributed by atoms with van der Waals surface area (Å²) in [5, 5.41) is 3.21. The van der Waals surface area contributed by atoms with Gasteiger partial charge in [-0.2, -0.15) is 4.31 Å². The average molecular weight is 368 g/mol. The minimum Gasteiger partial charge on any atom is -0.340 e. The van der Waals surface area contributed by atoms with Crippen LogP contribution < -0.4 is 5.32 Å². The number of carbonyl (C=O) groups is 1. The number of aryl methyl sites for hydroxylation is 2. The van der Waals surface area contributed by atoms with Gasteiger partial charge in [0.15, 0.2) is 0 Å². The van der Waals surface area contributed by atoms with E-state index in [9.17, 15) is 13.2 Å². The van der Waals surface area contributed by atoms with Gasteiger partial charge in [0.1, 0.15) is 0 Å². The fourth-order valence-corrected chi connectivity index (χ4v) is 4.99. The van der Waals surface area contributed by atoms with Crippen LogP contribution in [0.15, 0.2) is 23.1 Å². The van der Waals surface area contributed by atoms with Crippen molar-refractivity contribution in [2.75, 3.05) is 32.7 Å². The number of hydrogen-bond acceptors (Lipinski definition) is 4. The molecular weight excluding hydrogens is 338 g/mol. The van der Waals surface area contributed by atoms with E-state index < -0.39 is 10.0 Å². The van der Waals surface area contributed by atoms with Gasteiger partial charge in [0.25, 0.3) is 0 Å². The summed E-state index contributed by atoms with van der Waals surface area (Å²) in [7, 11) is -3.63. The van der Waals surface area contributed by atoms with Crippen molar-refractivity contribution in [3.8, 4) is 0 Å². The van der Waals surface area contributed by atoms with Crippen LogP contribution in [0.25, 0.3) is 0 Å². The zero-order valence-electron chi connectivity index (χ0n) is 15.6. The number of piperazine rings is 1. The van der Waals surface area contributed by atoms with E-state index in [2.05, 4.69) is 5.32 Å². The van der Waals surface area contributed by atoms with Gasteiger partial charge in [-0.1, -0.05) is 12.1 Å². The molecule has 2 rings (SSSR count). The third-order valence-corrected chi connectivity index (χ3v) is 6.74. The molecule has 0 aliphatic carbocycles. The summed E-state index contributed by atoms with van der Waals surface area (Å²) in [5.41, 5.74) is 1.63. The van der Waals surface area contributed by atoms with Gasteiger partial charge in [0, 0.05) is 45.2 Å². The van der Waals surface area contributed by atoms with Crippen LogP contribution in [0.1, 0.15) is 31.4 Å². The lowest BCUT2D eigenvalue weighted by Gasteiger charge is -2.30. The molecule has 1 fully saturated rings. The molecule has 140 valence electrons. The first-order valence-corrected chi connectivity index (χ1v) is 10.2. The van der Waals surface area contributed by atoms with Crippen molar-refractivity contribution in [3.05, 3.63) is 29.3 Å². The summed E-state index contributed by atoms with van der Waals surface area (Å²) in [6.07, 6.45) is 0.211. The van der Waals surface area contributed by atoms with E-state index in [0.717, 1.165) is 24.2 Å². The number of nitrogens with one attached hydrogen (secondary N) is 1. The molecule has 0 saturated carbocycles. The van der Waals surface area contributed by atoms with Crippen LogP contribution in [-0.2, 0) is 14.8 Å². The normalized spacial score (nSPS) is 15.8. The standard InChI is InChI=1S/C18H29N3O3S/c1-14(2)21(10-7-18(22)20-11-8-19-9-12-20)25(23,24)17-13-15(3)5-6-16(17)4/h5-6,13-14,19H,7-12H2,1-4H3. The van der Waals surface area contributed by atoms with Crippen molar-refractivity contribution in [1.82, 2.24) is 14.5 Å². The van der Waals surface area contributed by atoms with E-state index in [-0.39, 0.29) is 24.9 Å². The predicted octanol–water partition coefficient (Wildman–Crippen LogP) is 1.52. The summed E-state index contributed by atoms with van der Waals surface area (Å²) < 4.78 is 27.7. The smallest absolute Gasteiger partial charge is 0.243 e. The summed E-state index contributed by atoms with van der Waals surface area (Å²) in [5.74, 6) is 0.0170. The number of carbonyl (C=O) groups excluding carboxylic acids is 1. The molecule has 1 aliphatic rings. The number of hydrogen-bond donors (Lipinski definition) is 1. The van der Waals surface area contributed by atoms with Gasteiger partial charge in [-0.05, 0) is 44.9 Å². The minimum atomic E-state index is -3.63. The first kappa shape index (κ1) is 19.9. The van der Waals surface area contributed by atoms with Gasteiger partial charge in [0.2, 0.25) is 15.9 Å². The second-order valence-electron chi connectivity index (χ2n) is 6.86. The maximum Gasteiger partial charge on any atom is 0.243 e. The van der Waals surface area contributed by atoms with Crippen molar-refractivity contribution in [2.45, 2.75) is 45.1 Å². The second-order valence-corrected chi connectivity index (χ2v) is 8.72. The molecule has 1 N–H and O–H groups in total. The summed E-state index contributed by atoms with van der Waals surface area (Å²) in [4.78, 5) is 14.5. The first-order valence-electron chi connectivity index (χ1n) is 8.81. The van der Waals surface area contributed by atoms with Gasteiger partial charge in [-0.3, -0.25) is 4.79 Å². The molecule has 0 spiro atoms. The Morgan fingerprint density at radius 1 is 1.24 bits per heavy atom. The lowest BCUT2D eigenvalue weighted by atomic mass is 10.2. The number of sulfonamides is 1. The Morgan fingerprint density at radius 2 is 1.88 bits per heavy atom. The summed E-state index contributed by atoms with van der Waals surface area (Å²) in [6.45, 7) is 10.5. The van der Waals surface area contributed by atoms with E-state index in [1.807, 2.05) is 32.9 Å². The highest BCUT2D eigenvalue weighted by atomic mass is 32.2. The topological polar surface area (TPSA) is 69.7 Å². The van der Waals surface area contributed by atoms with E-state index >= 15 is 0 Å². The van der Waals surface area contributed by atoms with Crippen LogP contribution in [0.2, 0.25) is 0 Å². The molecule has 1 aromatic rings. The van der Waals surface area contributed by atoms with E-state index in [1.165, 1.54) is 4.31 Å². The Hall–Kier alpha value is -1.44. The van der Waals surface area contributed by atoms with Crippen LogP contribution in [0, 0.1) is 13.8 Å². The number of nitrogens with zero attached hydrogens (tertiary/aromatic N) is 2. The third-order valence-electron chi connectivity index (χ3n) is 4.52. The monoisotopic (exact) mass is 367 g/mol. The fourth-order valence-electron chi connectivity index (χ4n) is 3.05. The maximum absolute atomic E-state index is 13.1. The number of benzene rings is 1. The zero-order chi connectivity index (χ0) is 18.6. The van der Waals surface area contributed by atoms with Gasteiger partial charge in [-0.25, -0.2) is 8.42 Å². The number of rotatable bonds is 6. The Balaban J connectivity index is 2.16. The lowest BCUT2D eigenvalue weighted by Crippen LogP contribution is -2.47. The van der Waals surface area contributed by atoms with E-state index in [4.69, 9.17) is 0 Å². The molecule has 0 radical (unpaired) electrons. The molecule has 0 unspecified atom stereocenters.